The molecule has 3 aromatic heterocycles. The number of anilines is 1. The molecule has 0 fully saturated rings. The predicted octanol–water partition coefficient (Wildman–Crippen LogP) is 3.43. The second-order valence-corrected chi connectivity index (χ2v) is 7.37. The molecule has 8 heteroatoms. The molecule has 0 unspecified atom stereocenters. The highest BCUT2D eigenvalue weighted by atomic mass is 32.1. The normalized spacial score (nSPS) is 11.5. The van der Waals surface area contributed by atoms with Gasteiger partial charge in [0.2, 0.25) is 10.9 Å². The maximum atomic E-state index is 12.4. The maximum Gasteiger partial charge on any atom is 0.234 e. The van der Waals surface area contributed by atoms with E-state index in [0.29, 0.717) is 12.8 Å². The first-order valence-corrected chi connectivity index (χ1v) is 9.28. The van der Waals surface area contributed by atoms with Gasteiger partial charge in [-0.3, -0.25) is 9.78 Å². The largest absolute Gasteiger partial charge is 0.324 e. The Labute approximate surface area is 154 Å². The van der Waals surface area contributed by atoms with Gasteiger partial charge in [-0.15, -0.1) is 10.2 Å². The molecular formula is C18H18N6OS. The van der Waals surface area contributed by atoms with Crippen molar-refractivity contribution in [2.75, 3.05) is 5.32 Å². The monoisotopic (exact) mass is 366 g/mol. The van der Waals surface area contributed by atoms with Crippen molar-refractivity contribution >= 4 is 38.8 Å². The van der Waals surface area contributed by atoms with Crippen LogP contribution in [-0.4, -0.2) is 30.7 Å². The lowest BCUT2D eigenvalue weighted by atomic mass is 10.2. The van der Waals surface area contributed by atoms with Gasteiger partial charge in [-0.1, -0.05) is 43.4 Å². The molecule has 1 N–H and O–H groups in total. The molecule has 0 aliphatic heterocycles. The van der Waals surface area contributed by atoms with Crippen molar-refractivity contribution < 1.29 is 4.79 Å². The van der Waals surface area contributed by atoms with Gasteiger partial charge < -0.3 is 5.32 Å². The average molecular weight is 366 g/mol. The van der Waals surface area contributed by atoms with Crippen LogP contribution in [0.5, 0.6) is 0 Å². The highest BCUT2D eigenvalue weighted by molar-refractivity contribution is 7.16. The number of pyridine rings is 1. The fourth-order valence-corrected chi connectivity index (χ4v) is 3.61. The number of para-hydroxylation sites is 1. The summed E-state index contributed by atoms with van der Waals surface area (Å²) in [4.78, 5) is 17.5. The molecule has 1 amide bonds. The SMILES string of the molecule is CC(C)c1nnc2sc(CCC(=O)Nc3cccc4cccnc34)nn12. The van der Waals surface area contributed by atoms with Crippen molar-refractivity contribution in [3.05, 3.63) is 47.4 Å². The van der Waals surface area contributed by atoms with E-state index >= 15 is 0 Å². The topological polar surface area (TPSA) is 85.1 Å². The van der Waals surface area contributed by atoms with E-state index in [1.807, 2.05) is 30.3 Å². The minimum Gasteiger partial charge on any atom is -0.324 e. The summed E-state index contributed by atoms with van der Waals surface area (Å²) in [5, 5.41) is 17.7. The van der Waals surface area contributed by atoms with Crippen LogP contribution < -0.4 is 5.32 Å². The van der Waals surface area contributed by atoms with Crippen LogP contribution in [-0.2, 0) is 11.2 Å². The Balaban J connectivity index is 1.45. The molecule has 1 aromatic carbocycles. The smallest absolute Gasteiger partial charge is 0.234 e. The van der Waals surface area contributed by atoms with Crippen LogP contribution in [0.3, 0.4) is 0 Å². The Morgan fingerprint density at radius 2 is 2.08 bits per heavy atom. The number of hydrogen-bond donors (Lipinski definition) is 1. The van der Waals surface area contributed by atoms with E-state index in [0.717, 1.165) is 32.4 Å². The molecule has 0 spiro atoms. The lowest BCUT2D eigenvalue weighted by Crippen LogP contribution is -2.13. The van der Waals surface area contributed by atoms with Crippen molar-refractivity contribution in [1.82, 2.24) is 24.8 Å². The van der Waals surface area contributed by atoms with Crippen LogP contribution in [0, 0.1) is 0 Å². The molecule has 4 rings (SSSR count). The molecule has 0 aliphatic rings. The summed E-state index contributed by atoms with van der Waals surface area (Å²) in [6.45, 7) is 4.11. The third kappa shape index (κ3) is 3.15. The van der Waals surface area contributed by atoms with Gasteiger partial charge in [-0.05, 0) is 12.1 Å². The number of hydrogen-bond acceptors (Lipinski definition) is 6. The number of rotatable bonds is 5. The molecule has 0 saturated heterocycles. The van der Waals surface area contributed by atoms with Gasteiger partial charge in [0, 0.05) is 30.3 Å². The number of aromatic nitrogens is 5. The van der Waals surface area contributed by atoms with Crippen molar-refractivity contribution in [3.8, 4) is 0 Å². The van der Waals surface area contributed by atoms with Crippen LogP contribution in [0.2, 0.25) is 0 Å². The summed E-state index contributed by atoms with van der Waals surface area (Å²) < 4.78 is 1.77. The highest BCUT2D eigenvalue weighted by Crippen LogP contribution is 2.22. The van der Waals surface area contributed by atoms with Gasteiger partial charge in [-0.2, -0.15) is 9.61 Å². The van der Waals surface area contributed by atoms with Gasteiger partial charge in [0.05, 0.1) is 11.2 Å². The summed E-state index contributed by atoms with van der Waals surface area (Å²) in [7, 11) is 0. The van der Waals surface area contributed by atoms with Crippen molar-refractivity contribution in [2.45, 2.75) is 32.6 Å². The number of aryl methyl sites for hydroxylation is 1. The molecule has 0 radical (unpaired) electrons. The van der Waals surface area contributed by atoms with Crippen LogP contribution in [0.1, 0.15) is 37.0 Å². The fraction of sp³-hybridized carbons (Fsp3) is 0.278. The Morgan fingerprint density at radius 3 is 2.92 bits per heavy atom. The molecule has 0 bridgehead atoms. The van der Waals surface area contributed by atoms with E-state index in [9.17, 15) is 4.79 Å². The standard InChI is InChI=1S/C18H18N6OS/c1-11(2)17-21-22-18-24(17)23-15(26-18)9-8-14(25)20-13-7-3-5-12-6-4-10-19-16(12)13/h3-7,10-11H,8-9H2,1-2H3,(H,20,25). The van der Waals surface area contributed by atoms with E-state index in [1.54, 1.807) is 10.7 Å². The molecule has 4 aromatic rings. The molecule has 7 nitrogen and oxygen atoms in total. The van der Waals surface area contributed by atoms with E-state index in [1.165, 1.54) is 11.3 Å². The maximum absolute atomic E-state index is 12.4. The number of fused-ring (bicyclic) bond motifs is 2. The van der Waals surface area contributed by atoms with Crippen LogP contribution >= 0.6 is 11.3 Å². The number of nitrogens with one attached hydrogen (secondary N) is 1. The zero-order valence-corrected chi connectivity index (χ0v) is 15.3. The predicted molar refractivity (Wildman–Crippen MR) is 101 cm³/mol. The van der Waals surface area contributed by atoms with Gasteiger partial charge >= 0.3 is 0 Å². The molecule has 0 saturated carbocycles. The summed E-state index contributed by atoms with van der Waals surface area (Å²) in [5.74, 6) is 1.04. The molecule has 0 atom stereocenters. The van der Waals surface area contributed by atoms with E-state index in [4.69, 9.17) is 0 Å². The first-order valence-electron chi connectivity index (χ1n) is 8.46. The quantitative estimate of drug-likeness (QED) is 0.585. The zero-order valence-electron chi connectivity index (χ0n) is 14.5. The first kappa shape index (κ1) is 16.6. The van der Waals surface area contributed by atoms with E-state index in [-0.39, 0.29) is 11.8 Å². The van der Waals surface area contributed by atoms with Gasteiger partial charge in [0.1, 0.15) is 5.01 Å². The van der Waals surface area contributed by atoms with Gasteiger partial charge in [0.25, 0.3) is 0 Å². The molecule has 0 aliphatic carbocycles. The second-order valence-electron chi connectivity index (χ2n) is 6.33. The van der Waals surface area contributed by atoms with Crippen LogP contribution in [0.15, 0.2) is 36.5 Å². The Hall–Kier alpha value is -2.87. The van der Waals surface area contributed by atoms with Crippen molar-refractivity contribution in [2.24, 2.45) is 0 Å². The summed E-state index contributed by atoms with van der Waals surface area (Å²) in [6.07, 6.45) is 2.64. The third-order valence-corrected chi connectivity index (χ3v) is 5.00. The molecule has 26 heavy (non-hydrogen) atoms. The Bertz CT molecular complexity index is 1080. The second kappa shape index (κ2) is 6.80. The van der Waals surface area contributed by atoms with Crippen LogP contribution in [0.4, 0.5) is 5.69 Å². The lowest BCUT2D eigenvalue weighted by molar-refractivity contribution is -0.116. The first-order chi connectivity index (χ1) is 12.6. The fourth-order valence-electron chi connectivity index (χ4n) is 2.77. The zero-order chi connectivity index (χ0) is 18.1. The average Bonchev–Trinajstić information content (AvgIpc) is 3.20. The van der Waals surface area contributed by atoms with Crippen molar-refractivity contribution in [3.63, 3.8) is 0 Å². The lowest BCUT2D eigenvalue weighted by Gasteiger charge is -2.07. The van der Waals surface area contributed by atoms with E-state index < -0.39 is 0 Å². The molecular weight excluding hydrogens is 348 g/mol. The Kier molecular flexibility index (Phi) is 4.34. The number of nitrogens with zero attached hydrogens (tertiary/aromatic N) is 5. The summed E-state index contributed by atoms with van der Waals surface area (Å²) >= 11 is 1.47. The highest BCUT2D eigenvalue weighted by Gasteiger charge is 2.15. The third-order valence-electron chi connectivity index (χ3n) is 4.05. The molecule has 132 valence electrons. The number of carbonyl (C=O) groups is 1. The van der Waals surface area contributed by atoms with Gasteiger partial charge in [0.15, 0.2) is 5.82 Å². The minimum absolute atomic E-state index is 0.0572. The molecule has 3 heterocycles. The number of benzene rings is 1. The van der Waals surface area contributed by atoms with Crippen LogP contribution in [0.25, 0.3) is 15.9 Å². The van der Waals surface area contributed by atoms with E-state index in [2.05, 4.69) is 39.4 Å². The van der Waals surface area contributed by atoms with Gasteiger partial charge in [-0.25, -0.2) is 0 Å². The number of amides is 1. The number of carbonyl (C=O) groups excluding carboxylic acids is 1. The summed E-state index contributed by atoms with van der Waals surface area (Å²) in [6, 6.07) is 9.61. The summed E-state index contributed by atoms with van der Waals surface area (Å²) in [5.41, 5.74) is 1.53. The minimum atomic E-state index is -0.0572. The Morgan fingerprint density at radius 1 is 1.23 bits per heavy atom. The van der Waals surface area contributed by atoms with Crippen molar-refractivity contribution in [1.29, 1.82) is 0 Å².